The molecule has 1 aliphatic rings. The van der Waals surface area contributed by atoms with Crippen molar-refractivity contribution in [2.45, 2.75) is 65.5 Å². The molecular weight excluding hydrogens is 302 g/mol. The van der Waals surface area contributed by atoms with E-state index in [1.54, 1.807) is 11.1 Å². The van der Waals surface area contributed by atoms with Gasteiger partial charge in [-0.25, -0.2) is 9.78 Å². The summed E-state index contributed by atoms with van der Waals surface area (Å²) in [5, 5.41) is 0. The first kappa shape index (κ1) is 18.7. The van der Waals surface area contributed by atoms with E-state index in [4.69, 9.17) is 4.74 Å². The molecule has 5 heteroatoms. The zero-order chi connectivity index (χ0) is 17.7. The Morgan fingerprint density at radius 3 is 2.75 bits per heavy atom. The summed E-state index contributed by atoms with van der Waals surface area (Å²) in [5.74, 6) is 0.736. The Labute approximate surface area is 146 Å². The number of rotatable bonds is 4. The lowest BCUT2D eigenvalue weighted by Crippen LogP contribution is -2.39. The van der Waals surface area contributed by atoms with Crippen LogP contribution in [0, 0.1) is 0 Å². The van der Waals surface area contributed by atoms with Crippen molar-refractivity contribution in [2.75, 3.05) is 24.5 Å². The maximum Gasteiger partial charge on any atom is 0.415 e. The van der Waals surface area contributed by atoms with Crippen molar-refractivity contribution in [3.05, 3.63) is 23.9 Å². The number of carbonyl (C=O) groups excluding carboxylic acids is 1. The van der Waals surface area contributed by atoms with E-state index in [1.165, 1.54) is 12.8 Å². The van der Waals surface area contributed by atoms with Gasteiger partial charge in [-0.05, 0) is 59.7 Å². The number of nitrogens with zero attached hydrogens (tertiary/aromatic N) is 3. The van der Waals surface area contributed by atoms with Crippen LogP contribution in [-0.2, 0) is 4.74 Å². The summed E-state index contributed by atoms with van der Waals surface area (Å²) in [6.45, 7) is 12.5. The summed E-state index contributed by atoms with van der Waals surface area (Å²) < 4.78 is 5.57. The SMILES string of the molecule is CCN(C(=O)OC(C)(C)C)c1ncccc1[C@@H]1CCCCN1CC. The summed E-state index contributed by atoms with van der Waals surface area (Å²) in [4.78, 5) is 21.3. The third-order valence-corrected chi connectivity index (χ3v) is 4.38. The van der Waals surface area contributed by atoms with E-state index in [0.717, 1.165) is 30.9 Å². The first-order valence-corrected chi connectivity index (χ1v) is 9.06. The van der Waals surface area contributed by atoms with Crippen molar-refractivity contribution in [3.8, 4) is 0 Å². The molecule has 0 unspecified atom stereocenters. The zero-order valence-electron chi connectivity index (χ0n) is 15.7. The first-order chi connectivity index (χ1) is 11.4. The van der Waals surface area contributed by atoms with E-state index in [2.05, 4.69) is 22.9 Å². The van der Waals surface area contributed by atoms with Crippen molar-refractivity contribution in [2.24, 2.45) is 0 Å². The van der Waals surface area contributed by atoms with Gasteiger partial charge in [-0.15, -0.1) is 0 Å². The second-order valence-electron chi connectivity index (χ2n) is 7.28. The molecule has 0 bridgehead atoms. The number of ether oxygens (including phenoxy) is 1. The second kappa shape index (κ2) is 7.97. The molecule has 1 aliphatic heterocycles. The van der Waals surface area contributed by atoms with Gasteiger partial charge >= 0.3 is 6.09 Å². The van der Waals surface area contributed by atoms with Crippen molar-refractivity contribution < 1.29 is 9.53 Å². The highest BCUT2D eigenvalue weighted by Crippen LogP contribution is 2.35. The average Bonchev–Trinajstić information content (AvgIpc) is 2.54. The lowest BCUT2D eigenvalue weighted by atomic mass is 9.95. The molecule has 24 heavy (non-hydrogen) atoms. The molecule has 0 aliphatic carbocycles. The van der Waals surface area contributed by atoms with Gasteiger partial charge in [0.25, 0.3) is 0 Å². The van der Waals surface area contributed by atoms with Crippen LogP contribution in [-0.4, -0.2) is 41.2 Å². The molecule has 0 spiro atoms. The molecule has 1 amide bonds. The van der Waals surface area contributed by atoms with E-state index < -0.39 is 5.60 Å². The fourth-order valence-corrected chi connectivity index (χ4v) is 3.30. The highest BCUT2D eigenvalue weighted by atomic mass is 16.6. The molecule has 0 saturated carbocycles. The minimum absolute atomic E-state index is 0.323. The summed E-state index contributed by atoms with van der Waals surface area (Å²) in [6, 6.07) is 4.39. The molecular formula is C19H31N3O2. The van der Waals surface area contributed by atoms with Crippen molar-refractivity contribution >= 4 is 11.9 Å². The number of hydrogen-bond acceptors (Lipinski definition) is 4. The van der Waals surface area contributed by atoms with Crippen LogP contribution in [0.5, 0.6) is 0 Å². The quantitative estimate of drug-likeness (QED) is 0.820. The molecule has 1 atom stereocenters. The summed E-state index contributed by atoms with van der Waals surface area (Å²) in [6.07, 6.45) is 4.99. The summed E-state index contributed by atoms with van der Waals surface area (Å²) in [5.41, 5.74) is 0.617. The Morgan fingerprint density at radius 2 is 2.12 bits per heavy atom. The van der Waals surface area contributed by atoms with Gasteiger partial charge in [-0.2, -0.15) is 0 Å². The van der Waals surface area contributed by atoms with Gasteiger partial charge < -0.3 is 4.74 Å². The molecule has 0 N–H and O–H groups in total. The monoisotopic (exact) mass is 333 g/mol. The number of piperidine rings is 1. The van der Waals surface area contributed by atoms with Gasteiger partial charge in [0.1, 0.15) is 11.4 Å². The topological polar surface area (TPSA) is 45.7 Å². The lowest BCUT2D eigenvalue weighted by molar-refractivity contribution is 0.0580. The highest BCUT2D eigenvalue weighted by Gasteiger charge is 2.30. The van der Waals surface area contributed by atoms with Gasteiger partial charge in [-0.1, -0.05) is 19.4 Å². The number of anilines is 1. The molecule has 2 rings (SSSR count). The van der Waals surface area contributed by atoms with E-state index in [-0.39, 0.29) is 6.09 Å². The normalized spacial score (nSPS) is 19.1. The van der Waals surface area contributed by atoms with E-state index in [0.29, 0.717) is 12.6 Å². The predicted molar refractivity (Wildman–Crippen MR) is 97.3 cm³/mol. The Hall–Kier alpha value is -1.62. The Bertz CT molecular complexity index is 554. The minimum atomic E-state index is -0.514. The van der Waals surface area contributed by atoms with Crippen molar-refractivity contribution in [1.82, 2.24) is 9.88 Å². The van der Waals surface area contributed by atoms with Crippen LogP contribution in [0.15, 0.2) is 18.3 Å². The van der Waals surface area contributed by atoms with Crippen LogP contribution in [0.2, 0.25) is 0 Å². The molecule has 134 valence electrons. The fourth-order valence-electron chi connectivity index (χ4n) is 3.30. The van der Waals surface area contributed by atoms with E-state index in [1.807, 2.05) is 33.8 Å². The van der Waals surface area contributed by atoms with Crippen LogP contribution in [0.3, 0.4) is 0 Å². The molecule has 5 nitrogen and oxygen atoms in total. The van der Waals surface area contributed by atoms with Gasteiger partial charge in [-0.3, -0.25) is 9.80 Å². The van der Waals surface area contributed by atoms with E-state index >= 15 is 0 Å². The number of amides is 1. The summed E-state index contributed by atoms with van der Waals surface area (Å²) in [7, 11) is 0. The number of pyridine rings is 1. The van der Waals surface area contributed by atoms with Crippen molar-refractivity contribution in [3.63, 3.8) is 0 Å². The van der Waals surface area contributed by atoms with Gasteiger partial charge in [0.05, 0.1) is 0 Å². The molecule has 1 fully saturated rings. The molecule has 0 radical (unpaired) electrons. The Balaban J connectivity index is 2.34. The number of aromatic nitrogens is 1. The van der Waals surface area contributed by atoms with Crippen LogP contribution < -0.4 is 4.90 Å². The molecule has 2 heterocycles. The standard InChI is InChI=1S/C19H31N3O2/c1-6-21-14-9-8-12-16(21)15-11-10-13-20-17(15)22(7-2)18(23)24-19(3,4)5/h10-11,13,16H,6-9,12,14H2,1-5H3/t16-/m0/s1. The first-order valence-electron chi connectivity index (χ1n) is 9.06. The van der Waals surface area contributed by atoms with Gasteiger partial charge in [0, 0.05) is 24.3 Å². The fraction of sp³-hybridized carbons (Fsp3) is 0.684. The van der Waals surface area contributed by atoms with Gasteiger partial charge in [0.15, 0.2) is 0 Å². The maximum atomic E-state index is 12.6. The Morgan fingerprint density at radius 1 is 1.38 bits per heavy atom. The van der Waals surface area contributed by atoms with Crippen LogP contribution in [0.1, 0.15) is 65.5 Å². The largest absolute Gasteiger partial charge is 0.443 e. The average molecular weight is 333 g/mol. The lowest BCUT2D eigenvalue weighted by Gasteiger charge is -2.37. The third kappa shape index (κ3) is 4.47. The zero-order valence-corrected chi connectivity index (χ0v) is 15.7. The smallest absolute Gasteiger partial charge is 0.415 e. The predicted octanol–water partition coefficient (Wildman–Crippen LogP) is 4.39. The molecule has 1 aromatic rings. The van der Waals surface area contributed by atoms with Crippen LogP contribution in [0.4, 0.5) is 10.6 Å². The molecule has 1 aromatic heterocycles. The number of hydrogen-bond donors (Lipinski definition) is 0. The molecule has 1 saturated heterocycles. The van der Waals surface area contributed by atoms with E-state index in [9.17, 15) is 4.79 Å². The highest BCUT2D eigenvalue weighted by molar-refractivity contribution is 5.87. The summed E-state index contributed by atoms with van der Waals surface area (Å²) >= 11 is 0. The minimum Gasteiger partial charge on any atom is -0.443 e. The number of carbonyl (C=O) groups is 1. The number of likely N-dealkylation sites (tertiary alicyclic amines) is 1. The third-order valence-electron chi connectivity index (χ3n) is 4.38. The Kier molecular flexibility index (Phi) is 6.21. The molecule has 0 aromatic carbocycles. The second-order valence-corrected chi connectivity index (χ2v) is 7.28. The maximum absolute atomic E-state index is 12.6. The van der Waals surface area contributed by atoms with Gasteiger partial charge in [0.2, 0.25) is 0 Å². The van der Waals surface area contributed by atoms with Crippen molar-refractivity contribution in [1.29, 1.82) is 0 Å². The van der Waals surface area contributed by atoms with Crippen LogP contribution in [0.25, 0.3) is 0 Å². The van der Waals surface area contributed by atoms with Crippen LogP contribution >= 0.6 is 0 Å².